The standard InChI is InChI=1S/C20H22N4O3S3/c1-20(2,3)27-24(12-25)11-21-17-9-15(18(28-4)30-17)16-10-29-19(23-16)22-13-5-7-14(26)8-6-13/h5-12,26H,1-4H3,(H,22,23). The number of carbonyl (C=O) groups excluding carboxylic acids is 1. The van der Waals surface area contributed by atoms with Gasteiger partial charge in [0.2, 0.25) is 6.41 Å². The smallest absolute Gasteiger partial charge is 0.239 e. The van der Waals surface area contributed by atoms with Gasteiger partial charge in [-0.2, -0.15) is 5.06 Å². The molecule has 2 aromatic heterocycles. The quantitative estimate of drug-likeness (QED) is 0.108. The monoisotopic (exact) mass is 462 g/mol. The van der Waals surface area contributed by atoms with E-state index in [9.17, 15) is 9.90 Å². The number of benzene rings is 1. The van der Waals surface area contributed by atoms with E-state index in [1.54, 1.807) is 36.0 Å². The molecular formula is C20H22N4O3S3. The maximum absolute atomic E-state index is 11.2. The molecule has 0 aliphatic carbocycles. The first-order chi connectivity index (χ1) is 14.3. The molecule has 30 heavy (non-hydrogen) atoms. The van der Waals surface area contributed by atoms with Crippen molar-refractivity contribution in [2.45, 2.75) is 30.6 Å². The highest BCUT2D eigenvalue weighted by atomic mass is 32.2. The summed E-state index contributed by atoms with van der Waals surface area (Å²) in [6.45, 7) is 5.58. The number of hydrogen-bond acceptors (Lipinski definition) is 9. The van der Waals surface area contributed by atoms with Crippen molar-refractivity contribution in [1.29, 1.82) is 0 Å². The second-order valence-corrected chi connectivity index (χ2v) is 10.1. The predicted octanol–water partition coefficient (Wildman–Crippen LogP) is 5.89. The number of aromatic hydroxyl groups is 1. The number of phenols is 1. The van der Waals surface area contributed by atoms with Crippen molar-refractivity contribution in [2.75, 3.05) is 11.6 Å². The third-order valence-corrected chi connectivity index (χ3v) is 6.49. The van der Waals surface area contributed by atoms with Crippen LogP contribution >= 0.6 is 34.4 Å². The molecule has 1 aromatic carbocycles. The summed E-state index contributed by atoms with van der Waals surface area (Å²) >= 11 is 4.64. The zero-order chi connectivity index (χ0) is 21.7. The number of aromatic nitrogens is 1. The number of nitrogens with zero attached hydrogens (tertiary/aromatic N) is 3. The van der Waals surface area contributed by atoms with Crippen molar-refractivity contribution in [2.24, 2.45) is 4.99 Å². The molecule has 2 N–H and O–H groups in total. The minimum atomic E-state index is -0.501. The van der Waals surface area contributed by atoms with Crippen LogP contribution in [0.5, 0.6) is 5.75 Å². The third-order valence-electron chi connectivity index (χ3n) is 3.55. The summed E-state index contributed by atoms with van der Waals surface area (Å²) in [5, 5.41) is 17.2. The fourth-order valence-electron chi connectivity index (χ4n) is 2.38. The van der Waals surface area contributed by atoms with Crippen molar-refractivity contribution in [3.63, 3.8) is 0 Å². The lowest BCUT2D eigenvalue weighted by Gasteiger charge is -2.23. The van der Waals surface area contributed by atoms with Gasteiger partial charge in [0.15, 0.2) is 5.13 Å². The highest BCUT2D eigenvalue weighted by Crippen LogP contribution is 2.42. The number of phenolic OH excluding ortho intramolecular Hbond substituents is 1. The number of aliphatic imine (C=N–C) groups is 1. The zero-order valence-corrected chi connectivity index (χ0v) is 19.4. The van der Waals surface area contributed by atoms with E-state index in [-0.39, 0.29) is 5.75 Å². The minimum absolute atomic E-state index is 0.220. The fourth-order valence-corrected chi connectivity index (χ4v) is 4.82. The number of thiazole rings is 1. The molecule has 3 aromatic rings. The summed E-state index contributed by atoms with van der Waals surface area (Å²) in [6, 6.07) is 8.78. The van der Waals surface area contributed by atoms with Crippen molar-refractivity contribution < 1.29 is 14.7 Å². The molecule has 0 radical (unpaired) electrons. The number of amides is 1. The van der Waals surface area contributed by atoms with Crippen LogP contribution in [0.15, 0.2) is 44.9 Å². The molecule has 0 saturated heterocycles. The lowest BCUT2D eigenvalue weighted by molar-refractivity contribution is -0.181. The van der Waals surface area contributed by atoms with Crippen LogP contribution in [0.4, 0.5) is 15.8 Å². The Morgan fingerprint density at radius 1 is 1.30 bits per heavy atom. The van der Waals surface area contributed by atoms with Crippen LogP contribution in [0.3, 0.4) is 0 Å². The fraction of sp³-hybridized carbons (Fsp3) is 0.250. The number of hydrogen-bond donors (Lipinski definition) is 2. The number of anilines is 2. The van der Waals surface area contributed by atoms with E-state index in [2.05, 4.69) is 15.3 Å². The van der Waals surface area contributed by atoms with Gasteiger partial charge in [-0.3, -0.25) is 9.63 Å². The molecule has 0 bridgehead atoms. The van der Waals surface area contributed by atoms with Gasteiger partial charge < -0.3 is 10.4 Å². The minimum Gasteiger partial charge on any atom is -0.508 e. The molecule has 0 unspecified atom stereocenters. The van der Waals surface area contributed by atoms with Gasteiger partial charge in [0.25, 0.3) is 0 Å². The molecule has 0 atom stereocenters. The van der Waals surface area contributed by atoms with Gasteiger partial charge in [0.1, 0.15) is 17.1 Å². The van der Waals surface area contributed by atoms with E-state index >= 15 is 0 Å². The Balaban J connectivity index is 1.77. The van der Waals surface area contributed by atoms with E-state index in [4.69, 9.17) is 4.84 Å². The Morgan fingerprint density at radius 3 is 2.67 bits per heavy atom. The lowest BCUT2D eigenvalue weighted by atomic mass is 10.2. The van der Waals surface area contributed by atoms with Crippen LogP contribution in [0.1, 0.15) is 20.8 Å². The van der Waals surface area contributed by atoms with Crippen molar-refractivity contribution >= 4 is 63.0 Å². The Morgan fingerprint density at radius 2 is 2.03 bits per heavy atom. The summed E-state index contributed by atoms with van der Waals surface area (Å²) in [7, 11) is 0. The maximum Gasteiger partial charge on any atom is 0.239 e. The first-order valence-corrected chi connectivity index (χ1v) is 11.9. The molecule has 1 amide bonds. The summed E-state index contributed by atoms with van der Waals surface area (Å²) in [6.07, 6.45) is 3.96. The topological polar surface area (TPSA) is 87.1 Å². The number of rotatable bonds is 8. The number of nitrogens with one attached hydrogen (secondary N) is 1. The van der Waals surface area contributed by atoms with Gasteiger partial charge in [0, 0.05) is 16.6 Å². The van der Waals surface area contributed by atoms with E-state index in [0.29, 0.717) is 6.41 Å². The molecule has 7 nitrogen and oxygen atoms in total. The predicted molar refractivity (Wildman–Crippen MR) is 125 cm³/mol. The lowest BCUT2D eigenvalue weighted by Crippen LogP contribution is -2.32. The van der Waals surface area contributed by atoms with E-state index in [1.807, 2.05) is 38.5 Å². The van der Waals surface area contributed by atoms with Crippen LogP contribution in [-0.4, -0.2) is 39.8 Å². The normalized spacial score (nSPS) is 11.7. The summed E-state index contributed by atoms with van der Waals surface area (Å²) in [5.41, 5.74) is 2.19. The molecule has 0 fully saturated rings. The number of thiophene rings is 1. The Labute approximate surface area is 187 Å². The van der Waals surface area contributed by atoms with E-state index < -0.39 is 5.60 Å². The van der Waals surface area contributed by atoms with Gasteiger partial charge >= 0.3 is 0 Å². The molecule has 10 heteroatoms. The van der Waals surface area contributed by atoms with Gasteiger partial charge in [-0.15, -0.1) is 34.4 Å². The van der Waals surface area contributed by atoms with Crippen molar-refractivity contribution in [1.82, 2.24) is 10.0 Å². The van der Waals surface area contributed by atoms with Gasteiger partial charge in [0.05, 0.1) is 15.5 Å². The molecule has 0 aliphatic heterocycles. The number of hydroxylamine groups is 2. The van der Waals surface area contributed by atoms with Crippen LogP contribution in [0.25, 0.3) is 11.3 Å². The Bertz CT molecular complexity index is 1020. The molecule has 3 rings (SSSR count). The highest BCUT2D eigenvalue weighted by molar-refractivity contribution is 8.00. The summed E-state index contributed by atoms with van der Waals surface area (Å²) in [4.78, 5) is 25.8. The van der Waals surface area contributed by atoms with Crippen LogP contribution in [0, 0.1) is 0 Å². The maximum atomic E-state index is 11.2. The van der Waals surface area contributed by atoms with Gasteiger partial charge in [-0.05, 0) is 57.4 Å². The second kappa shape index (κ2) is 9.61. The molecule has 0 spiro atoms. The summed E-state index contributed by atoms with van der Waals surface area (Å²) < 4.78 is 1.08. The first kappa shape index (κ1) is 22.3. The molecule has 158 valence electrons. The molecule has 2 heterocycles. The van der Waals surface area contributed by atoms with Gasteiger partial charge in [-0.1, -0.05) is 0 Å². The number of thioether (sulfide) groups is 1. The highest BCUT2D eigenvalue weighted by Gasteiger charge is 2.16. The van der Waals surface area contributed by atoms with Crippen molar-refractivity contribution in [3.8, 4) is 17.0 Å². The van der Waals surface area contributed by atoms with Crippen LogP contribution in [0.2, 0.25) is 0 Å². The molecular weight excluding hydrogens is 440 g/mol. The van der Waals surface area contributed by atoms with E-state index in [0.717, 1.165) is 36.3 Å². The van der Waals surface area contributed by atoms with Crippen LogP contribution in [-0.2, 0) is 9.63 Å². The molecule has 0 saturated carbocycles. The van der Waals surface area contributed by atoms with Crippen molar-refractivity contribution in [3.05, 3.63) is 35.7 Å². The Hall–Kier alpha value is -2.40. The van der Waals surface area contributed by atoms with Gasteiger partial charge in [-0.25, -0.2) is 9.98 Å². The average molecular weight is 463 g/mol. The Kier molecular flexibility index (Phi) is 7.14. The van der Waals surface area contributed by atoms with E-state index in [1.165, 1.54) is 29.0 Å². The van der Waals surface area contributed by atoms with Crippen LogP contribution < -0.4 is 5.32 Å². The summed E-state index contributed by atoms with van der Waals surface area (Å²) in [5.74, 6) is 0.220. The average Bonchev–Trinajstić information content (AvgIpc) is 3.32. The third kappa shape index (κ3) is 6.05. The largest absolute Gasteiger partial charge is 0.508 e. The zero-order valence-electron chi connectivity index (χ0n) is 16.9. The SMILES string of the molecule is CSc1sc(N=CN(C=O)OC(C)(C)C)cc1-c1csc(Nc2ccc(O)cc2)n1. The molecule has 0 aliphatic rings. The first-order valence-electron chi connectivity index (χ1n) is 8.94. The number of carbonyl (C=O) groups is 1. The second-order valence-electron chi connectivity index (χ2n) is 7.11.